The minimum Gasteiger partial charge on any atom is -0.325 e. The number of aryl methyl sites for hydroxylation is 1. The Bertz CT molecular complexity index is 1050. The molecule has 144 valence electrons. The van der Waals surface area contributed by atoms with Gasteiger partial charge in [0.2, 0.25) is 0 Å². The van der Waals surface area contributed by atoms with Gasteiger partial charge in [0.25, 0.3) is 5.56 Å². The van der Waals surface area contributed by atoms with Crippen molar-refractivity contribution in [2.24, 2.45) is 11.8 Å². The smallest absolute Gasteiger partial charge is 0.251 e. The minimum atomic E-state index is -3.37. The summed E-state index contributed by atoms with van der Waals surface area (Å²) in [5, 5.41) is 0.251. The molecule has 0 bridgehead atoms. The Morgan fingerprint density at radius 2 is 1.85 bits per heavy atom. The maximum absolute atomic E-state index is 12.3. The third-order valence-electron chi connectivity index (χ3n) is 6.42. The third kappa shape index (κ3) is 3.15. The fourth-order valence-electron chi connectivity index (χ4n) is 4.90. The van der Waals surface area contributed by atoms with Gasteiger partial charge < -0.3 is 4.98 Å². The van der Waals surface area contributed by atoms with Crippen LogP contribution in [0.25, 0.3) is 0 Å². The zero-order valence-corrected chi connectivity index (χ0v) is 17.2. The fourth-order valence-corrected chi connectivity index (χ4v) is 6.23. The van der Waals surface area contributed by atoms with Gasteiger partial charge in [-0.15, -0.1) is 0 Å². The van der Waals surface area contributed by atoms with E-state index in [0.29, 0.717) is 17.4 Å². The molecule has 1 N–H and O–H groups in total. The summed E-state index contributed by atoms with van der Waals surface area (Å²) in [6, 6.07) is 9.13. The Hall–Kier alpha value is -1.59. The van der Waals surface area contributed by atoms with Crippen LogP contribution < -0.4 is 5.56 Å². The number of hydrogen-bond donors (Lipinski definition) is 1. The first kappa shape index (κ1) is 18.8. The van der Waals surface area contributed by atoms with Crippen molar-refractivity contribution in [2.75, 3.05) is 6.26 Å². The van der Waals surface area contributed by atoms with Crippen molar-refractivity contribution in [3.05, 3.63) is 62.5 Å². The number of aromatic amines is 1. The first-order chi connectivity index (χ1) is 12.7. The van der Waals surface area contributed by atoms with E-state index in [1.54, 1.807) is 19.1 Å². The number of halogens is 1. The van der Waals surface area contributed by atoms with Crippen LogP contribution in [0.5, 0.6) is 0 Å². The van der Waals surface area contributed by atoms with Gasteiger partial charge in [-0.25, -0.2) is 8.42 Å². The molecule has 4 nitrogen and oxygen atoms in total. The van der Waals surface area contributed by atoms with Gasteiger partial charge in [-0.05, 0) is 48.9 Å². The second-order valence-corrected chi connectivity index (χ2v) is 10.5. The summed E-state index contributed by atoms with van der Waals surface area (Å²) in [6.45, 7) is 1.80. The predicted octanol–water partition coefficient (Wildman–Crippen LogP) is 4.24. The molecule has 0 spiro atoms. The summed E-state index contributed by atoms with van der Waals surface area (Å²) in [4.78, 5) is 15.5. The Morgan fingerprint density at radius 1 is 1.15 bits per heavy atom. The average Bonchev–Trinajstić information content (AvgIpc) is 3.12. The Kier molecular flexibility index (Phi) is 4.51. The highest BCUT2D eigenvalue weighted by Gasteiger charge is 2.60. The van der Waals surface area contributed by atoms with Crippen LogP contribution in [0.3, 0.4) is 0 Å². The zero-order valence-electron chi connectivity index (χ0n) is 15.6. The lowest BCUT2D eigenvalue weighted by Gasteiger charge is -2.22. The number of sulfone groups is 1. The van der Waals surface area contributed by atoms with E-state index < -0.39 is 9.84 Å². The molecule has 2 saturated carbocycles. The van der Waals surface area contributed by atoms with Crippen LogP contribution in [0, 0.1) is 18.8 Å². The van der Waals surface area contributed by atoms with Crippen LogP contribution in [0.4, 0.5) is 0 Å². The van der Waals surface area contributed by atoms with Crippen molar-refractivity contribution < 1.29 is 8.42 Å². The lowest BCUT2D eigenvalue weighted by Crippen LogP contribution is -2.22. The second kappa shape index (κ2) is 6.49. The number of aromatic nitrogens is 1. The second-order valence-electron chi connectivity index (χ2n) is 8.13. The molecule has 0 aliphatic heterocycles. The van der Waals surface area contributed by atoms with Crippen molar-refractivity contribution >= 4 is 21.4 Å². The Labute approximate surface area is 164 Å². The van der Waals surface area contributed by atoms with Gasteiger partial charge in [0.15, 0.2) is 9.84 Å². The summed E-state index contributed by atoms with van der Waals surface area (Å²) < 4.78 is 23.8. The summed E-state index contributed by atoms with van der Waals surface area (Å²) in [5.41, 5.74) is 2.26. The molecule has 0 saturated heterocycles. The molecule has 2 aromatic rings. The van der Waals surface area contributed by atoms with Gasteiger partial charge in [-0.3, -0.25) is 4.79 Å². The van der Waals surface area contributed by atoms with Gasteiger partial charge in [0, 0.05) is 22.9 Å². The largest absolute Gasteiger partial charge is 0.325 e. The molecule has 0 unspecified atom stereocenters. The maximum atomic E-state index is 12.3. The van der Waals surface area contributed by atoms with E-state index in [2.05, 4.69) is 4.98 Å². The van der Waals surface area contributed by atoms with Crippen molar-refractivity contribution in [3.63, 3.8) is 0 Å². The van der Waals surface area contributed by atoms with Gasteiger partial charge in [-0.1, -0.05) is 49.4 Å². The molecule has 2 aliphatic carbocycles. The first-order valence-corrected chi connectivity index (χ1v) is 11.7. The van der Waals surface area contributed by atoms with Gasteiger partial charge in [0.05, 0.1) is 9.92 Å². The van der Waals surface area contributed by atoms with E-state index in [-0.39, 0.29) is 20.9 Å². The summed E-state index contributed by atoms with van der Waals surface area (Å²) in [7, 11) is -3.37. The van der Waals surface area contributed by atoms with Crippen molar-refractivity contribution in [2.45, 2.75) is 49.3 Å². The fraction of sp³-hybridized carbons (Fsp3) is 0.476. The maximum Gasteiger partial charge on any atom is 0.251 e. The number of benzene rings is 1. The minimum absolute atomic E-state index is 0.0669. The monoisotopic (exact) mass is 405 g/mol. The zero-order chi connectivity index (χ0) is 19.4. The molecule has 0 amide bonds. The summed E-state index contributed by atoms with van der Waals surface area (Å²) in [5.74, 6) is 1.10. The molecule has 2 aliphatic rings. The van der Waals surface area contributed by atoms with Crippen LogP contribution in [0.2, 0.25) is 5.02 Å². The molecule has 27 heavy (non-hydrogen) atoms. The van der Waals surface area contributed by atoms with Crippen molar-refractivity contribution in [1.82, 2.24) is 4.98 Å². The average molecular weight is 406 g/mol. The Balaban J connectivity index is 1.83. The SMILES string of the molecule is Cc1ccc([C@]2(c3ccc(S(C)(=O)=O)c(Cl)c3)C[C@H]2C2CCCC2)[nH]c1=O. The van der Waals surface area contributed by atoms with E-state index in [9.17, 15) is 13.2 Å². The molecule has 1 aromatic heterocycles. The lowest BCUT2D eigenvalue weighted by atomic mass is 9.84. The molecule has 1 aromatic carbocycles. The lowest BCUT2D eigenvalue weighted by molar-refractivity contribution is 0.442. The number of hydrogen-bond acceptors (Lipinski definition) is 3. The van der Waals surface area contributed by atoms with Crippen LogP contribution in [0.15, 0.2) is 40.0 Å². The molecule has 4 rings (SSSR count). The quantitative estimate of drug-likeness (QED) is 0.827. The Morgan fingerprint density at radius 3 is 2.44 bits per heavy atom. The molecular weight excluding hydrogens is 382 g/mol. The number of pyridine rings is 1. The predicted molar refractivity (Wildman–Crippen MR) is 107 cm³/mol. The van der Waals surface area contributed by atoms with Crippen LogP contribution in [0.1, 0.15) is 48.9 Å². The van der Waals surface area contributed by atoms with Gasteiger partial charge in [0.1, 0.15) is 0 Å². The number of nitrogens with one attached hydrogen (secondary N) is 1. The van der Waals surface area contributed by atoms with Gasteiger partial charge >= 0.3 is 0 Å². The molecule has 1 heterocycles. The molecule has 2 atom stereocenters. The summed E-state index contributed by atoms with van der Waals surface area (Å²) in [6.07, 6.45) is 7.09. The van der Waals surface area contributed by atoms with E-state index >= 15 is 0 Å². The highest BCUT2D eigenvalue weighted by atomic mass is 35.5. The van der Waals surface area contributed by atoms with E-state index in [1.807, 2.05) is 18.2 Å². The number of H-pyrrole nitrogens is 1. The normalized spacial score (nSPS) is 25.7. The highest BCUT2D eigenvalue weighted by Crippen LogP contribution is 2.64. The van der Waals surface area contributed by atoms with E-state index in [4.69, 9.17) is 11.6 Å². The topological polar surface area (TPSA) is 67.0 Å². The number of rotatable bonds is 4. The van der Waals surface area contributed by atoms with Crippen LogP contribution in [-0.2, 0) is 15.3 Å². The highest BCUT2D eigenvalue weighted by molar-refractivity contribution is 7.90. The van der Waals surface area contributed by atoms with Crippen molar-refractivity contribution in [1.29, 1.82) is 0 Å². The molecule has 6 heteroatoms. The van der Waals surface area contributed by atoms with Crippen LogP contribution >= 0.6 is 11.6 Å². The molecule has 2 fully saturated rings. The van der Waals surface area contributed by atoms with Crippen LogP contribution in [-0.4, -0.2) is 19.7 Å². The first-order valence-electron chi connectivity index (χ1n) is 9.44. The van der Waals surface area contributed by atoms with Crippen molar-refractivity contribution in [3.8, 4) is 0 Å². The van der Waals surface area contributed by atoms with E-state index in [1.165, 1.54) is 31.9 Å². The molecular formula is C21H24ClNO3S. The molecule has 0 radical (unpaired) electrons. The standard InChI is InChI=1S/C21H24ClNO3S/c1-13-7-10-19(23-20(13)24)21(12-16(21)14-5-3-4-6-14)15-8-9-18(17(22)11-15)27(2,25)26/h7-11,14,16H,3-6,12H2,1-2H3,(H,23,24)/t16-,21-/m0/s1. The van der Waals surface area contributed by atoms with Gasteiger partial charge in [-0.2, -0.15) is 0 Å². The third-order valence-corrected chi connectivity index (χ3v) is 8.00. The van der Waals surface area contributed by atoms with E-state index in [0.717, 1.165) is 17.7 Å². The summed E-state index contributed by atoms with van der Waals surface area (Å²) >= 11 is 6.35.